The molecule has 4 heteroatoms. The van der Waals surface area contributed by atoms with Crippen LogP contribution in [0, 0.1) is 0 Å². The zero-order chi connectivity index (χ0) is 13.8. The largest absolute Gasteiger partial charge is 0.463 e. The third-order valence-electron chi connectivity index (χ3n) is 4.19. The molecule has 0 spiro atoms. The van der Waals surface area contributed by atoms with Crippen molar-refractivity contribution in [3.8, 4) is 0 Å². The molecule has 1 heterocycles. The molecule has 1 aliphatic rings. The average molecular weight is 265 g/mol. The van der Waals surface area contributed by atoms with Crippen molar-refractivity contribution in [2.24, 2.45) is 0 Å². The lowest BCUT2D eigenvalue weighted by Crippen LogP contribution is -2.35. The molecule has 0 aromatic carbocycles. The van der Waals surface area contributed by atoms with E-state index in [2.05, 4.69) is 23.6 Å². The third-order valence-corrected chi connectivity index (χ3v) is 4.19. The molecule has 1 fully saturated rings. The Morgan fingerprint density at radius 1 is 1.37 bits per heavy atom. The van der Waals surface area contributed by atoms with E-state index in [0.717, 1.165) is 5.76 Å². The lowest BCUT2D eigenvalue weighted by Gasteiger charge is -2.34. The van der Waals surface area contributed by atoms with Gasteiger partial charge < -0.3 is 9.15 Å². The van der Waals surface area contributed by atoms with E-state index in [1.165, 1.54) is 39.2 Å². The lowest BCUT2D eigenvalue weighted by molar-refractivity contribution is 0.0556. The highest BCUT2D eigenvalue weighted by atomic mass is 16.5. The van der Waals surface area contributed by atoms with Gasteiger partial charge in [0.1, 0.15) is 5.76 Å². The molecule has 1 saturated carbocycles. The molecule has 0 amide bonds. The summed E-state index contributed by atoms with van der Waals surface area (Å²) in [6, 6.07) is 4.36. The number of ether oxygens (including phenoxy) is 1. The summed E-state index contributed by atoms with van der Waals surface area (Å²) in [4.78, 5) is 13.8. The average Bonchev–Trinajstić information content (AvgIpc) is 2.95. The van der Waals surface area contributed by atoms with Crippen LogP contribution in [0.2, 0.25) is 0 Å². The molecule has 19 heavy (non-hydrogen) atoms. The van der Waals surface area contributed by atoms with Gasteiger partial charge in [-0.15, -0.1) is 0 Å². The number of esters is 1. The van der Waals surface area contributed by atoms with E-state index >= 15 is 0 Å². The van der Waals surface area contributed by atoms with Crippen LogP contribution in [-0.4, -0.2) is 31.1 Å². The monoisotopic (exact) mass is 265 g/mol. The highest BCUT2D eigenvalue weighted by molar-refractivity contribution is 5.86. The van der Waals surface area contributed by atoms with Crippen molar-refractivity contribution in [1.29, 1.82) is 0 Å². The minimum absolute atomic E-state index is 0.182. The molecule has 4 nitrogen and oxygen atoms in total. The summed E-state index contributed by atoms with van der Waals surface area (Å²) in [6.07, 6.45) is 6.49. The van der Waals surface area contributed by atoms with Gasteiger partial charge in [0.2, 0.25) is 5.76 Å². The van der Waals surface area contributed by atoms with E-state index in [1.807, 2.05) is 6.07 Å². The molecule has 1 aromatic heterocycles. The van der Waals surface area contributed by atoms with E-state index in [1.54, 1.807) is 6.07 Å². The summed E-state index contributed by atoms with van der Waals surface area (Å²) >= 11 is 0. The summed E-state index contributed by atoms with van der Waals surface area (Å²) in [6.45, 7) is 2.12. The number of nitrogens with zero attached hydrogens (tertiary/aromatic N) is 1. The Morgan fingerprint density at radius 3 is 2.68 bits per heavy atom. The van der Waals surface area contributed by atoms with Gasteiger partial charge in [0.15, 0.2) is 0 Å². The first-order chi connectivity index (χ1) is 9.13. The molecule has 0 bridgehead atoms. The number of methoxy groups -OCH3 is 1. The van der Waals surface area contributed by atoms with Crippen molar-refractivity contribution < 1.29 is 13.9 Å². The molecule has 0 N–H and O–H groups in total. The molecule has 0 saturated heterocycles. The van der Waals surface area contributed by atoms with E-state index < -0.39 is 5.97 Å². The van der Waals surface area contributed by atoms with E-state index in [0.29, 0.717) is 6.04 Å². The predicted molar refractivity (Wildman–Crippen MR) is 73.1 cm³/mol. The van der Waals surface area contributed by atoms with Gasteiger partial charge in [0.05, 0.1) is 13.2 Å². The van der Waals surface area contributed by atoms with Gasteiger partial charge in [0, 0.05) is 6.04 Å². The zero-order valence-corrected chi connectivity index (χ0v) is 12.0. The van der Waals surface area contributed by atoms with E-state index in [9.17, 15) is 4.79 Å². The summed E-state index contributed by atoms with van der Waals surface area (Å²) < 4.78 is 10.3. The van der Waals surface area contributed by atoms with Crippen LogP contribution in [0.3, 0.4) is 0 Å². The fourth-order valence-corrected chi connectivity index (χ4v) is 2.79. The van der Waals surface area contributed by atoms with Crippen LogP contribution in [0.4, 0.5) is 0 Å². The Hall–Kier alpha value is -1.29. The standard InChI is InChI=1S/C15H23NO3/c1-11(16(2)12-7-5-4-6-8-12)13-9-10-14(19-13)15(17)18-3/h9-12H,4-8H2,1-3H3. The summed E-state index contributed by atoms with van der Waals surface area (Å²) in [5.74, 6) is 0.689. The number of hydrogen-bond donors (Lipinski definition) is 0. The minimum Gasteiger partial charge on any atom is -0.463 e. The second-order valence-electron chi connectivity index (χ2n) is 5.33. The number of hydrogen-bond acceptors (Lipinski definition) is 4. The maximum atomic E-state index is 11.4. The van der Waals surface area contributed by atoms with E-state index in [-0.39, 0.29) is 11.8 Å². The molecular formula is C15H23NO3. The molecule has 0 radical (unpaired) electrons. The predicted octanol–water partition coefficient (Wildman–Crippen LogP) is 3.39. The number of carbonyl (C=O) groups is 1. The van der Waals surface area contributed by atoms with Crippen molar-refractivity contribution in [2.45, 2.75) is 51.1 Å². The van der Waals surface area contributed by atoms with Crippen LogP contribution < -0.4 is 0 Å². The molecule has 1 aliphatic carbocycles. The Kier molecular flexibility index (Phi) is 4.64. The summed E-state index contributed by atoms with van der Waals surface area (Å²) in [7, 11) is 3.50. The maximum absolute atomic E-state index is 11.4. The highest BCUT2D eigenvalue weighted by Gasteiger charge is 2.25. The fourth-order valence-electron chi connectivity index (χ4n) is 2.79. The topological polar surface area (TPSA) is 42.7 Å². The molecule has 0 aliphatic heterocycles. The Balaban J connectivity index is 2.03. The first-order valence-corrected chi connectivity index (χ1v) is 7.03. The van der Waals surface area contributed by atoms with Crippen molar-refractivity contribution in [3.63, 3.8) is 0 Å². The molecule has 1 atom stereocenters. The summed E-state index contributed by atoms with van der Waals surface area (Å²) in [5.41, 5.74) is 0. The smallest absolute Gasteiger partial charge is 0.373 e. The maximum Gasteiger partial charge on any atom is 0.373 e. The first-order valence-electron chi connectivity index (χ1n) is 7.03. The number of furan rings is 1. The van der Waals surface area contributed by atoms with Crippen molar-refractivity contribution in [1.82, 2.24) is 4.90 Å². The second-order valence-corrected chi connectivity index (χ2v) is 5.33. The van der Waals surface area contributed by atoms with Gasteiger partial charge in [-0.1, -0.05) is 19.3 Å². The molecule has 2 rings (SSSR count). The first kappa shape index (κ1) is 14.1. The number of rotatable bonds is 4. The Morgan fingerprint density at radius 2 is 2.05 bits per heavy atom. The fraction of sp³-hybridized carbons (Fsp3) is 0.667. The van der Waals surface area contributed by atoms with Gasteiger partial charge in [0.25, 0.3) is 0 Å². The van der Waals surface area contributed by atoms with Crippen molar-refractivity contribution in [2.75, 3.05) is 14.2 Å². The molecule has 1 unspecified atom stereocenters. The van der Waals surface area contributed by atoms with Crippen LogP contribution in [0.1, 0.15) is 61.4 Å². The molecular weight excluding hydrogens is 242 g/mol. The van der Waals surface area contributed by atoms with Gasteiger partial charge in [-0.05, 0) is 38.9 Å². The van der Waals surface area contributed by atoms with Gasteiger partial charge in [-0.2, -0.15) is 0 Å². The summed E-state index contributed by atoms with van der Waals surface area (Å²) in [5, 5.41) is 0. The quantitative estimate of drug-likeness (QED) is 0.783. The van der Waals surface area contributed by atoms with Crippen LogP contribution in [0.25, 0.3) is 0 Å². The SMILES string of the molecule is COC(=O)c1ccc(C(C)N(C)C2CCCCC2)o1. The van der Waals surface area contributed by atoms with Gasteiger partial charge >= 0.3 is 5.97 Å². The van der Waals surface area contributed by atoms with Gasteiger partial charge in [-0.3, -0.25) is 4.90 Å². The minimum atomic E-state index is -0.418. The van der Waals surface area contributed by atoms with E-state index in [4.69, 9.17) is 4.42 Å². The third kappa shape index (κ3) is 3.18. The lowest BCUT2D eigenvalue weighted by atomic mass is 9.93. The van der Waals surface area contributed by atoms with Crippen LogP contribution in [0.15, 0.2) is 16.5 Å². The second kappa shape index (κ2) is 6.24. The van der Waals surface area contributed by atoms with Crippen molar-refractivity contribution >= 4 is 5.97 Å². The normalized spacial score (nSPS) is 18.5. The Labute approximate surface area is 114 Å². The molecule has 1 aromatic rings. The van der Waals surface area contributed by atoms with Crippen LogP contribution >= 0.6 is 0 Å². The molecule has 106 valence electrons. The Bertz CT molecular complexity index is 421. The zero-order valence-electron chi connectivity index (χ0n) is 12.0. The van der Waals surface area contributed by atoms with Crippen LogP contribution in [0.5, 0.6) is 0 Å². The highest BCUT2D eigenvalue weighted by Crippen LogP contribution is 2.29. The van der Waals surface area contributed by atoms with Crippen molar-refractivity contribution in [3.05, 3.63) is 23.7 Å². The number of carbonyl (C=O) groups excluding carboxylic acids is 1. The van der Waals surface area contributed by atoms with Crippen LogP contribution in [-0.2, 0) is 4.74 Å². The van der Waals surface area contributed by atoms with Gasteiger partial charge in [-0.25, -0.2) is 4.79 Å².